The molecule has 7 nitrogen and oxygen atoms in total. The molecule has 0 spiro atoms. The van der Waals surface area contributed by atoms with Crippen LogP contribution < -0.4 is 4.74 Å². The second kappa shape index (κ2) is 9.77. The third-order valence-corrected chi connectivity index (χ3v) is 7.14. The normalized spacial score (nSPS) is 14.7. The van der Waals surface area contributed by atoms with Crippen molar-refractivity contribution >= 4 is 33.5 Å². The molecule has 184 valence electrons. The van der Waals surface area contributed by atoms with Crippen LogP contribution in [0.5, 0.6) is 11.6 Å². The van der Waals surface area contributed by atoms with Gasteiger partial charge in [0, 0.05) is 60.0 Å². The van der Waals surface area contributed by atoms with Gasteiger partial charge >= 0.3 is 0 Å². The molecule has 37 heavy (non-hydrogen) atoms. The highest BCUT2D eigenvalue weighted by Crippen LogP contribution is 2.38. The first-order valence-corrected chi connectivity index (χ1v) is 12.4. The molecule has 0 bridgehead atoms. The van der Waals surface area contributed by atoms with Crippen LogP contribution in [0.1, 0.15) is 18.9 Å². The molecule has 1 fully saturated rings. The standard InChI is InChI=1S/C28H22ClFN6O/c29-23-13-19(37-27-3-1-2-9-32-27)4-5-20(23)21-14-22-25(15-24(21)30)33-16-26-28(22)36(17-34-26)18-6-10-35(11-7-18)12-8-31/h1-5,9,13-18H,6-7,10-12H2. The Morgan fingerprint density at radius 2 is 1.89 bits per heavy atom. The number of benzene rings is 2. The van der Waals surface area contributed by atoms with Crippen molar-refractivity contribution in [3.63, 3.8) is 0 Å². The lowest BCUT2D eigenvalue weighted by Gasteiger charge is -2.31. The number of nitrogens with zero attached hydrogens (tertiary/aromatic N) is 6. The summed E-state index contributed by atoms with van der Waals surface area (Å²) >= 11 is 6.61. The van der Waals surface area contributed by atoms with Crippen molar-refractivity contribution in [1.82, 2.24) is 24.4 Å². The van der Waals surface area contributed by atoms with Crippen molar-refractivity contribution in [3.8, 4) is 28.8 Å². The van der Waals surface area contributed by atoms with Gasteiger partial charge in [-0.3, -0.25) is 9.88 Å². The maximum Gasteiger partial charge on any atom is 0.219 e. The van der Waals surface area contributed by atoms with E-state index in [4.69, 9.17) is 21.6 Å². The second-order valence-corrected chi connectivity index (χ2v) is 9.48. The predicted octanol–water partition coefficient (Wildman–Crippen LogP) is 6.39. The van der Waals surface area contributed by atoms with Gasteiger partial charge in [0.15, 0.2) is 0 Å². The molecule has 0 aliphatic carbocycles. The lowest BCUT2D eigenvalue weighted by atomic mass is 10.0. The van der Waals surface area contributed by atoms with E-state index in [0.29, 0.717) is 39.8 Å². The zero-order chi connectivity index (χ0) is 25.4. The summed E-state index contributed by atoms with van der Waals surface area (Å²) in [6.45, 7) is 2.14. The fourth-order valence-corrected chi connectivity index (χ4v) is 5.25. The van der Waals surface area contributed by atoms with Crippen LogP contribution in [0.25, 0.3) is 33.1 Å². The average Bonchev–Trinajstić information content (AvgIpc) is 3.35. The van der Waals surface area contributed by atoms with Gasteiger partial charge in [-0.1, -0.05) is 17.7 Å². The Bertz CT molecular complexity index is 1640. The van der Waals surface area contributed by atoms with E-state index in [1.54, 1.807) is 42.7 Å². The smallest absolute Gasteiger partial charge is 0.219 e. The molecule has 0 saturated carbocycles. The molecule has 5 aromatic rings. The van der Waals surface area contributed by atoms with Gasteiger partial charge in [0.05, 0.1) is 41.2 Å². The van der Waals surface area contributed by atoms with Gasteiger partial charge in [0.1, 0.15) is 17.1 Å². The van der Waals surface area contributed by atoms with Crippen molar-refractivity contribution in [1.29, 1.82) is 5.26 Å². The van der Waals surface area contributed by atoms with E-state index < -0.39 is 5.82 Å². The van der Waals surface area contributed by atoms with Crippen LogP contribution in [0, 0.1) is 17.1 Å². The number of aromatic nitrogens is 4. The van der Waals surface area contributed by atoms with Crippen LogP contribution in [0.15, 0.2) is 67.3 Å². The summed E-state index contributed by atoms with van der Waals surface area (Å²) in [7, 11) is 0. The van der Waals surface area contributed by atoms with Crippen molar-refractivity contribution in [2.24, 2.45) is 0 Å². The Kier molecular flexibility index (Phi) is 6.16. The first-order valence-electron chi connectivity index (χ1n) is 12.0. The number of imidazole rings is 1. The van der Waals surface area contributed by atoms with Gasteiger partial charge in [-0.15, -0.1) is 0 Å². The van der Waals surface area contributed by atoms with E-state index in [1.807, 2.05) is 18.5 Å². The van der Waals surface area contributed by atoms with E-state index in [-0.39, 0.29) is 6.04 Å². The van der Waals surface area contributed by atoms with Crippen molar-refractivity contribution in [2.75, 3.05) is 19.6 Å². The molecule has 4 heterocycles. The Morgan fingerprint density at radius 3 is 2.65 bits per heavy atom. The number of pyridine rings is 2. The molecule has 0 radical (unpaired) electrons. The van der Waals surface area contributed by atoms with Crippen LogP contribution >= 0.6 is 11.6 Å². The van der Waals surface area contributed by atoms with Crippen LogP contribution in [0.4, 0.5) is 4.39 Å². The van der Waals surface area contributed by atoms with Crippen molar-refractivity contribution in [2.45, 2.75) is 18.9 Å². The molecular weight excluding hydrogens is 491 g/mol. The predicted molar refractivity (Wildman–Crippen MR) is 140 cm³/mol. The molecule has 0 unspecified atom stereocenters. The van der Waals surface area contributed by atoms with Crippen LogP contribution in [0.3, 0.4) is 0 Å². The quantitative estimate of drug-likeness (QED) is 0.254. The van der Waals surface area contributed by atoms with Crippen LogP contribution in [-0.4, -0.2) is 44.1 Å². The lowest BCUT2D eigenvalue weighted by molar-refractivity contribution is 0.207. The first-order chi connectivity index (χ1) is 18.1. The molecule has 9 heteroatoms. The third kappa shape index (κ3) is 4.48. The number of halogens is 2. The Morgan fingerprint density at radius 1 is 1.03 bits per heavy atom. The Hall–Kier alpha value is -4.06. The summed E-state index contributed by atoms with van der Waals surface area (Å²) in [5.41, 5.74) is 3.18. The van der Waals surface area contributed by atoms with Gasteiger partial charge in [-0.05, 0) is 37.1 Å². The van der Waals surface area contributed by atoms with Crippen molar-refractivity contribution in [3.05, 3.63) is 78.1 Å². The number of hydrogen-bond acceptors (Lipinski definition) is 6. The summed E-state index contributed by atoms with van der Waals surface area (Å²) < 4.78 is 23.3. The molecule has 1 aliphatic heterocycles. The number of nitriles is 1. The highest BCUT2D eigenvalue weighted by atomic mass is 35.5. The van der Waals surface area contributed by atoms with Gasteiger partial charge in [0.25, 0.3) is 0 Å². The maximum absolute atomic E-state index is 15.3. The van der Waals surface area contributed by atoms with Gasteiger partial charge in [0.2, 0.25) is 5.88 Å². The minimum atomic E-state index is -0.407. The highest BCUT2D eigenvalue weighted by Gasteiger charge is 2.23. The van der Waals surface area contributed by atoms with Gasteiger partial charge in [-0.2, -0.15) is 5.26 Å². The number of fused-ring (bicyclic) bond motifs is 3. The molecule has 0 N–H and O–H groups in total. The fraction of sp³-hybridized carbons (Fsp3) is 0.214. The molecule has 1 saturated heterocycles. The zero-order valence-corrected chi connectivity index (χ0v) is 20.6. The number of likely N-dealkylation sites (tertiary alicyclic amines) is 1. The summed E-state index contributed by atoms with van der Waals surface area (Å²) in [5.74, 6) is 0.553. The minimum absolute atomic E-state index is 0.241. The van der Waals surface area contributed by atoms with E-state index in [2.05, 4.69) is 30.5 Å². The molecule has 1 aliphatic rings. The van der Waals surface area contributed by atoms with Crippen LogP contribution in [0.2, 0.25) is 5.02 Å². The molecule has 0 atom stereocenters. The first kappa shape index (κ1) is 23.3. The minimum Gasteiger partial charge on any atom is -0.439 e. The Balaban J connectivity index is 1.39. The summed E-state index contributed by atoms with van der Waals surface area (Å²) in [4.78, 5) is 15.4. The highest BCUT2D eigenvalue weighted by molar-refractivity contribution is 6.33. The largest absolute Gasteiger partial charge is 0.439 e. The average molecular weight is 513 g/mol. The van der Waals surface area contributed by atoms with E-state index >= 15 is 4.39 Å². The van der Waals surface area contributed by atoms with Crippen LogP contribution in [-0.2, 0) is 0 Å². The fourth-order valence-electron chi connectivity index (χ4n) is 4.98. The number of rotatable bonds is 5. The SMILES string of the molecule is N#CCN1CCC(n2cnc3cnc4cc(F)c(-c5ccc(Oc6ccccn6)cc5Cl)cc4c32)CC1. The number of piperidine rings is 1. The molecule has 2 aromatic carbocycles. The molecule has 3 aromatic heterocycles. The third-order valence-electron chi connectivity index (χ3n) is 6.82. The summed E-state index contributed by atoms with van der Waals surface area (Å²) in [6, 6.07) is 16.3. The van der Waals surface area contributed by atoms with Gasteiger partial charge in [-0.25, -0.2) is 14.4 Å². The number of hydrogen-bond donors (Lipinski definition) is 0. The lowest BCUT2D eigenvalue weighted by Crippen LogP contribution is -2.34. The van der Waals surface area contributed by atoms with E-state index in [9.17, 15) is 0 Å². The second-order valence-electron chi connectivity index (χ2n) is 9.07. The van der Waals surface area contributed by atoms with E-state index in [1.165, 1.54) is 6.07 Å². The van der Waals surface area contributed by atoms with Crippen molar-refractivity contribution < 1.29 is 9.13 Å². The topological polar surface area (TPSA) is 79.9 Å². The Labute approximate surface area is 217 Å². The monoisotopic (exact) mass is 512 g/mol. The molecule has 0 amide bonds. The number of ether oxygens (including phenoxy) is 1. The van der Waals surface area contributed by atoms with E-state index in [0.717, 1.165) is 42.4 Å². The van der Waals surface area contributed by atoms with Gasteiger partial charge < -0.3 is 9.30 Å². The summed E-state index contributed by atoms with van der Waals surface area (Å²) in [5, 5.41) is 10.2. The summed E-state index contributed by atoms with van der Waals surface area (Å²) in [6.07, 6.45) is 7.00. The molecular formula is C28H22ClFN6O. The molecule has 6 rings (SSSR count). The maximum atomic E-state index is 15.3. The zero-order valence-electron chi connectivity index (χ0n) is 19.8.